The van der Waals surface area contributed by atoms with Gasteiger partial charge in [-0.2, -0.15) is 0 Å². The molecule has 2 aromatic carbocycles. The third kappa shape index (κ3) is 5.18. The van der Waals surface area contributed by atoms with Crippen molar-refractivity contribution in [2.75, 3.05) is 0 Å². The molecule has 1 unspecified atom stereocenters. The molecule has 0 amide bonds. The van der Waals surface area contributed by atoms with Crippen LogP contribution in [0, 0.1) is 5.92 Å². The van der Waals surface area contributed by atoms with Crippen LogP contribution in [-0.2, 0) is 17.8 Å². The lowest BCUT2D eigenvalue weighted by molar-refractivity contribution is -0.140. The van der Waals surface area contributed by atoms with Crippen molar-refractivity contribution >= 4 is 16.9 Å². The fourth-order valence-corrected chi connectivity index (χ4v) is 4.89. The van der Waals surface area contributed by atoms with Crippen LogP contribution >= 0.6 is 0 Å². The minimum atomic E-state index is -0.726. The molecule has 4 rings (SSSR count). The summed E-state index contributed by atoms with van der Waals surface area (Å²) in [4.78, 5) is 17.0. The van der Waals surface area contributed by atoms with Gasteiger partial charge in [0.15, 0.2) is 0 Å². The normalized spacial score (nSPS) is 15.8. The van der Waals surface area contributed by atoms with Crippen molar-refractivity contribution in [3.05, 3.63) is 84.1 Å². The summed E-state index contributed by atoms with van der Waals surface area (Å²) in [7, 11) is 0. The molecule has 0 radical (unpaired) electrons. The van der Waals surface area contributed by atoms with Crippen molar-refractivity contribution in [1.82, 2.24) is 4.98 Å². The number of benzene rings is 2. The van der Waals surface area contributed by atoms with Crippen molar-refractivity contribution in [2.45, 2.75) is 57.5 Å². The van der Waals surface area contributed by atoms with E-state index < -0.39 is 11.9 Å². The lowest BCUT2D eigenvalue weighted by atomic mass is 9.79. The molecule has 4 nitrogen and oxygen atoms in total. The monoisotopic (exact) mass is 429 g/mol. The zero-order valence-corrected chi connectivity index (χ0v) is 18.5. The molecule has 1 N–H and O–H groups in total. The molecule has 1 fully saturated rings. The average Bonchev–Trinajstić information content (AvgIpc) is 3.08. The van der Waals surface area contributed by atoms with Gasteiger partial charge < -0.3 is 9.84 Å². The lowest BCUT2D eigenvalue weighted by Crippen LogP contribution is -2.22. The Morgan fingerprint density at radius 3 is 2.62 bits per heavy atom. The summed E-state index contributed by atoms with van der Waals surface area (Å²) < 4.78 is 6.04. The van der Waals surface area contributed by atoms with Gasteiger partial charge in [-0.15, -0.1) is 6.58 Å². The van der Waals surface area contributed by atoms with Gasteiger partial charge >= 0.3 is 5.97 Å². The highest BCUT2D eigenvalue weighted by atomic mass is 16.5. The van der Waals surface area contributed by atoms with E-state index in [0.717, 1.165) is 59.2 Å². The Hall–Kier alpha value is -3.14. The van der Waals surface area contributed by atoms with Crippen LogP contribution in [0.2, 0.25) is 0 Å². The first-order valence-corrected chi connectivity index (χ1v) is 11.6. The standard InChI is InChI=1S/C28H31NO3/c1-2-9-22-18-24(32-19-23-15-14-20-10-7-8-13-26(20)29-23)16-17-25(22)27(28(30)31)21-11-5-3-4-6-12-21/h2,7-8,10,13-18,21,27H,1,3-6,9,11-12,19H2,(H,30,31). The number of fused-ring (bicyclic) bond motifs is 1. The van der Waals surface area contributed by atoms with Crippen LogP contribution in [0.3, 0.4) is 0 Å². The molecule has 1 atom stereocenters. The second kappa shape index (κ2) is 10.4. The van der Waals surface area contributed by atoms with Gasteiger partial charge in [-0.3, -0.25) is 4.79 Å². The first kappa shape index (κ1) is 22.1. The molecule has 0 bridgehead atoms. The Morgan fingerprint density at radius 1 is 1.09 bits per heavy atom. The minimum absolute atomic E-state index is 0.187. The van der Waals surface area contributed by atoms with E-state index in [9.17, 15) is 9.90 Å². The molecule has 4 heteroatoms. The van der Waals surface area contributed by atoms with E-state index in [1.807, 2.05) is 54.6 Å². The maximum atomic E-state index is 12.3. The SMILES string of the molecule is C=CCc1cc(OCc2ccc3ccccc3n2)ccc1C(C(=O)O)C1CCCCCC1. The molecule has 1 heterocycles. The highest BCUT2D eigenvalue weighted by Crippen LogP contribution is 2.38. The molecule has 32 heavy (non-hydrogen) atoms. The molecule has 0 saturated heterocycles. The maximum Gasteiger partial charge on any atom is 0.311 e. The van der Waals surface area contributed by atoms with E-state index in [4.69, 9.17) is 4.74 Å². The minimum Gasteiger partial charge on any atom is -0.487 e. The largest absolute Gasteiger partial charge is 0.487 e. The number of pyridine rings is 1. The Balaban J connectivity index is 1.55. The number of hydrogen-bond donors (Lipinski definition) is 1. The summed E-state index contributed by atoms with van der Waals surface area (Å²) in [5.41, 5.74) is 3.70. The number of rotatable bonds is 8. The van der Waals surface area contributed by atoms with Crippen LogP contribution in [0.25, 0.3) is 10.9 Å². The molecule has 1 aliphatic rings. The average molecular weight is 430 g/mol. The van der Waals surface area contributed by atoms with Gasteiger partial charge in [0, 0.05) is 5.39 Å². The van der Waals surface area contributed by atoms with Crippen molar-refractivity contribution in [3.63, 3.8) is 0 Å². The second-order valence-corrected chi connectivity index (χ2v) is 8.70. The van der Waals surface area contributed by atoms with Gasteiger partial charge in [-0.05, 0) is 60.6 Å². The number of nitrogens with zero attached hydrogens (tertiary/aromatic N) is 1. The van der Waals surface area contributed by atoms with Crippen LogP contribution < -0.4 is 4.74 Å². The van der Waals surface area contributed by atoms with Crippen molar-refractivity contribution in [3.8, 4) is 5.75 Å². The predicted octanol–water partition coefficient (Wildman–Crippen LogP) is 6.68. The molecule has 0 aliphatic heterocycles. The molecule has 0 spiro atoms. The Labute approximate surface area is 190 Å². The first-order chi connectivity index (χ1) is 15.7. The number of carbonyl (C=O) groups is 1. The van der Waals surface area contributed by atoms with Crippen LogP contribution in [0.15, 0.2) is 67.3 Å². The Bertz CT molecular complexity index is 1080. The van der Waals surface area contributed by atoms with E-state index in [1.165, 1.54) is 12.8 Å². The summed E-state index contributed by atoms with van der Waals surface area (Å²) in [5.74, 6) is -0.284. The molecular formula is C28H31NO3. The summed E-state index contributed by atoms with van der Waals surface area (Å²) in [6.07, 6.45) is 9.07. The second-order valence-electron chi connectivity index (χ2n) is 8.70. The van der Waals surface area contributed by atoms with E-state index in [-0.39, 0.29) is 5.92 Å². The van der Waals surface area contributed by atoms with Gasteiger partial charge in [0.2, 0.25) is 0 Å². The number of aliphatic carboxylic acids is 1. The molecule has 3 aromatic rings. The van der Waals surface area contributed by atoms with Crippen molar-refractivity contribution in [1.29, 1.82) is 0 Å². The number of carboxylic acids is 1. The fourth-order valence-electron chi connectivity index (χ4n) is 4.89. The highest BCUT2D eigenvalue weighted by Gasteiger charge is 2.31. The van der Waals surface area contributed by atoms with Crippen LogP contribution in [-0.4, -0.2) is 16.1 Å². The van der Waals surface area contributed by atoms with E-state index in [1.54, 1.807) is 0 Å². The number of hydrogen-bond acceptors (Lipinski definition) is 3. The van der Waals surface area contributed by atoms with E-state index in [2.05, 4.69) is 17.6 Å². The highest BCUT2D eigenvalue weighted by molar-refractivity contribution is 5.78. The lowest BCUT2D eigenvalue weighted by Gasteiger charge is -2.25. The number of aromatic nitrogens is 1. The molecule has 1 aromatic heterocycles. The zero-order valence-electron chi connectivity index (χ0n) is 18.5. The summed E-state index contributed by atoms with van der Waals surface area (Å²) in [5, 5.41) is 11.2. The Kier molecular flexibility index (Phi) is 7.21. The van der Waals surface area contributed by atoms with Crippen LogP contribution in [0.5, 0.6) is 5.75 Å². The Morgan fingerprint density at radius 2 is 1.88 bits per heavy atom. The first-order valence-electron chi connectivity index (χ1n) is 11.6. The quantitative estimate of drug-likeness (QED) is 0.320. The van der Waals surface area contributed by atoms with Gasteiger partial charge in [0.25, 0.3) is 0 Å². The van der Waals surface area contributed by atoms with E-state index in [0.29, 0.717) is 13.0 Å². The number of ether oxygens (including phenoxy) is 1. The smallest absolute Gasteiger partial charge is 0.311 e. The summed E-state index contributed by atoms with van der Waals surface area (Å²) in [6, 6.07) is 17.9. The van der Waals surface area contributed by atoms with Gasteiger partial charge in [0.05, 0.1) is 17.1 Å². The summed E-state index contributed by atoms with van der Waals surface area (Å²) >= 11 is 0. The van der Waals surface area contributed by atoms with Crippen molar-refractivity contribution < 1.29 is 14.6 Å². The molecule has 166 valence electrons. The van der Waals surface area contributed by atoms with Gasteiger partial charge in [-0.1, -0.05) is 62.1 Å². The summed E-state index contributed by atoms with van der Waals surface area (Å²) in [6.45, 7) is 4.25. The van der Waals surface area contributed by atoms with Crippen LogP contribution in [0.1, 0.15) is 61.3 Å². The van der Waals surface area contributed by atoms with E-state index >= 15 is 0 Å². The molecule has 1 aliphatic carbocycles. The van der Waals surface area contributed by atoms with Gasteiger partial charge in [0.1, 0.15) is 12.4 Å². The zero-order chi connectivity index (χ0) is 22.3. The number of carboxylic acid groups (broad SMARTS) is 1. The number of para-hydroxylation sites is 1. The predicted molar refractivity (Wildman–Crippen MR) is 128 cm³/mol. The van der Waals surface area contributed by atoms with Gasteiger partial charge in [-0.25, -0.2) is 4.98 Å². The third-order valence-corrected chi connectivity index (χ3v) is 6.49. The fraction of sp³-hybridized carbons (Fsp3) is 0.357. The molecular weight excluding hydrogens is 398 g/mol. The van der Waals surface area contributed by atoms with Crippen molar-refractivity contribution in [2.24, 2.45) is 5.92 Å². The topological polar surface area (TPSA) is 59.4 Å². The van der Waals surface area contributed by atoms with Crippen LogP contribution in [0.4, 0.5) is 0 Å². The molecule has 1 saturated carbocycles. The maximum absolute atomic E-state index is 12.3. The number of allylic oxidation sites excluding steroid dienone is 1. The third-order valence-electron chi connectivity index (χ3n) is 6.49.